The Balaban J connectivity index is 1.82. The van der Waals surface area contributed by atoms with E-state index in [1.165, 1.54) is 0 Å². The van der Waals surface area contributed by atoms with Crippen LogP contribution in [0.15, 0.2) is 24.3 Å². The quantitative estimate of drug-likeness (QED) is 0.659. The van der Waals surface area contributed by atoms with Gasteiger partial charge >= 0.3 is 0 Å². The number of benzene rings is 1. The van der Waals surface area contributed by atoms with E-state index < -0.39 is 5.60 Å². The van der Waals surface area contributed by atoms with Gasteiger partial charge in [-0.1, -0.05) is 0 Å². The van der Waals surface area contributed by atoms with Crippen LogP contribution in [0.25, 0.3) is 0 Å². The van der Waals surface area contributed by atoms with Gasteiger partial charge in [0, 0.05) is 25.8 Å². The average Bonchev–Trinajstić information content (AvgIpc) is 2.59. The van der Waals surface area contributed by atoms with E-state index in [0.29, 0.717) is 24.2 Å². The van der Waals surface area contributed by atoms with Gasteiger partial charge in [-0.3, -0.25) is 4.79 Å². The molecule has 0 atom stereocenters. The molecule has 1 aliphatic carbocycles. The van der Waals surface area contributed by atoms with Crippen molar-refractivity contribution in [3.63, 3.8) is 0 Å². The molecule has 6 heteroatoms. The van der Waals surface area contributed by atoms with Crippen molar-refractivity contribution in [1.29, 1.82) is 0 Å². The molecule has 0 aliphatic heterocycles. The van der Waals surface area contributed by atoms with Crippen molar-refractivity contribution in [2.75, 3.05) is 27.1 Å². The highest BCUT2D eigenvalue weighted by atomic mass is 16.7. The molecule has 3 N–H and O–H groups in total. The van der Waals surface area contributed by atoms with Gasteiger partial charge in [-0.2, -0.15) is 0 Å². The third kappa shape index (κ3) is 5.20. The van der Waals surface area contributed by atoms with Crippen LogP contribution in [0, 0.1) is 5.92 Å². The van der Waals surface area contributed by atoms with Gasteiger partial charge < -0.3 is 25.0 Å². The molecule has 0 spiro atoms. The highest BCUT2D eigenvalue weighted by molar-refractivity contribution is 5.94. The summed E-state index contributed by atoms with van der Waals surface area (Å²) in [6.45, 7) is 0.555. The normalized spacial score (nSPS) is 24.2. The molecule has 128 valence electrons. The fourth-order valence-corrected chi connectivity index (χ4v) is 2.75. The molecule has 23 heavy (non-hydrogen) atoms. The monoisotopic (exact) mass is 323 g/mol. The smallest absolute Gasteiger partial charge is 0.251 e. The summed E-state index contributed by atoms with van der Waals surface area (Å²) in [5.74, 6) is 0.677. The molecule has 1 saturated carbocycles. The number of methoxy groups -OCH3 is 1. The Morgan fingerprint density at radius 1 is 1.30 bits per heavy atom. The van der Waals surface area contributed by atoms with E-state index in [9.17, 15) is 9.90 Å². The third-order valence-corrected chi connectivity index (χ3v) is 4.33. The van der Waals surface area contributed by atoms with Crippen LogP contribution in [-0.4, -0.2) is 48.8 Å². The first kappa shape index (κ1) is 17.7. The average molecular weight is 323 g/mol. The maximum absolute atomic E-state index is 12.1. The standard InChI is InChI=1S/C17H25NO5/c1-22-12-23-15-4-2-14(3-5-15)16(20)18-11-17(21)8-6-13(10-19)7-9-17/h2-5,13,19,21H,6-12H2,1H3,(H,18,20). The number of rotatable bonds is 7. The molecule has 0 heterocycles. The van der Waals surface area contributed by atoms with Gasteiger partial charge in [-0.15, -0.1) is 0 Å². The Morgan fingerprint density at radius 2 is 1.96 bits per heavy atom. The highest BCUT2D eigenvalue weighted by Gasteiger charge is 2.33. The maximum atomic E-state index is 12.1. The van der Waals surface area contributed by atoms with E-state index in [1.54, 1.807) is 31.4 Å². The van der Waals surface area contributed by atoms with Gasteiger partial charge in [-0.25, -0.2) is 0 Å². The van der Waals surface area contributed by atoms with Crippen LogP contribution in [-0.2, 0) is 4.74 Å². The molecule has 1 aromatic carbocycles. The van der Waals surface area contributed by atoms with Gasteiger partial charge in [0.2, 0.25) is 0 Å². The van der Waals surface area contributed by atoms with E-state index in [1.807, 2.05) is 0 Å². The van der Waals surface area contributed by atoms with Gasteiger partial charge in [-0.05, 0) is 55.9 Å². The second-order valence-corrected chi connectivity index (χ2v) is 6.11. The molecule has 1 fully saturated rings. The molecular formula is C17H25NO5. The van der Waals surface area contributed by atoms with E-state index in [2.05, 4.69) is 5.32 Å². The number of ether oxygens (including phenoxy) is 2. The minimum atomic E-state index is -0.872. The molecule has 1 aliphatic rings. The summed E-state index contributed by atoms with van der Waals surface area (Å²) >= 11 is 0. The van der Waals surface area contributed by atoms with Crippen LogP contribution in [0.5, 0.6) is 5.75 Å². The molecule has 0 unspecified atom stereocenters. The van der Waals surface area contributed by atoms with Crippen LogP contribution >= 0.6 is 0 Å². The Hall–Kier alpha value is -1.63. The molecular weight excluding hydrogens is 298 g/mol. The fourth-order valence-electron chi connectivity index (χ4n) is 2.75. The van der Waals surface area contributed by atoms with E-state index in [-0.39, 0.29) is 31.8 Å². The van der Waals surface area contributed by atoms with Crippen molar-refractivity contribution in [2.45, 2.75) is 31.3 Å². The number of hydrogen-bond acceptors (Lipinski definition) is 5. The second kappa shape index (κ2) is 8.29. The second-order valence-electron chi connectivity index (χ2n) is 6.11. The lowest BCUT2D eigenvalue weighted by atomic mass is 9.79. The number of amides is 1. The predicted molar refractivity (Wildman–Crippen MR) is 85.3 cm³/mol. The van der Waals surface area contributed by atoms with Crippen molar-refractivity contribution < 1.29 is 24.5 Å². The Kier molecular flexibility index (Phi) is 6.38. The molecule has 0 radical (unpaired) electrons. The number of carbonyl (C=O) groups excluding carboxylic acids is 1. The van der Waals surface area contributed by atoms with Crippen LogP contribution in [0.1, 0.15) is 36.0 Å². The minimum absolute atomic E-state index is 0.160. The number of carbonyl (C=O) groups is 1. The predicted octanol–water partition coefficient (Wildman–Crippen LogP) is 1.31. The topological polar surface area (TPSA) is 88.0 Å². The molecule has 0 bridgehead atoms. The molecule has 1 aromatic rings. The zero-order chi connectivity index (χ0) is 16.7. The van der Waals surface area contributed by atoms with Crippen LogP contribution in [0.2, 0.25) is 0 Å². The third-order valence-electron chi connectivity index (χ3n) is 4.33. The van der Waals surface area contributed by atoms with Crippen LogP contribution in [0.4, 0.5) is 0 Å². The summed E-state index contributed by atoms with van der Waals surface area (Å²) in [6.07, 6.45) is 2.77. The van der Waals surface area contributed by atoms with Gasteiger partial charge in [0.15, 0.2) is 6.79 Å². The van der Waals surface area contributed by atoms with Gasteiger partial charge in [0.25, 0.3) is 5.91 Å². The number of aliphatic hydroxyl groups excluding tert-OH is 1. The van der Waals surface area contributed by atoms with Crippen molar-refractivity contribution >= 4 is 5.91 Å². The van der Waals surface area contributed by atoms with Crippen molar-refractivity contribution in [2.24, 2.45) is 5.92 Å². The summed E-state index contributed by atoms with van der Waals surface area (Å²) in [7, 11) is 1.54. The molecule has 2 rings (SSSR count). The fraction of sp³-hybridized carbons (Fsp3) is 0.588. The summed E-state index contributed by atoms with van der Waals surface area (Å²) in [4.78, 5) is 12.1. The largest absolute Gasteiger partial charge is 0.468 e. The van der Waals surface area contributed by atoms with Crippen molar-refractivity contribution in [3.8, 4) is 5.75 Å². The SMILES string of the molecule is COCOc1ccc(C(=O)NCC2(O)CCC(CO)CC2)cc1. The molecule has 1 amide bonds. The Labute approximate surface area is 136 Å². The van der Waals surface area contributed by atoms with Crippen LogP contribution in [0.3, 0.4) is 0 Å². The Bertz CT molecular complexity index is 494. The zero-order valence-corrected chi connectivity index (χ0v) is 13.5. The van der Waals surface area contributed by atoms with Gasteiger partial charge in [0.05, 0.1) is 5.60 Å². The molecule has 0 aromatic heterocycles. The summed E-state index contributed by atoms with van der Waals surface area (Å²) in [6, 6.07) is 6.75. The lowest BCUT2D eigenvalue weighted by molar-refractivity contribution is -0.0144. The molecule has 6 nitrogen and oxygen atoms in total. The Morgan fingerprint density at radius 3 is 2.52 bits per heavy atom. The first-order chi connectivity index (χ1) is 11.1. The molecule has 0 saturated heterocycles. The van der Waals surface area contributed by atoms with Crippen molar-refractivity contribution in [3.05, 3.63) is 29.8 Å². The first-order valence-corrected chi connectivity index (χ1v) is 7.89. The van der Waals surface area contributed by atoms with E-state index in [4.69, 9.17) is 14.6 Å². The summed E-state index contributed by atoms with van der Waals surface area (Å²) in [5.41, 5.74) is -0.356. The number of aliphatic hydroxyl groups is 2. The van der Waals surface area contributed by atoms with Crippen LogP contribution < -0.4 is 10.1 Å². The summed E-state index contributed by atoms with van der Waals surface area (Å²) < 4.78 is 10.1. The lowest BCUT2D eigenvalue weighted by Gasteiger charge is -2.35. The van der Waals surface area contributed by atoms with E-state index >= 15 is 0 Å². The van der Waals surface area contributed by atoms with Crippen molar-refractivity contribution in [1.82, 2.24) is 5.32 Å². The minimum Gasteiger partial charge on any atom is -0.468 e. The van der Waals surface area contributed by atoms with Gasteiger partial charge in [0.1, 0.15) is 5.75 Å². The first-order valence-electron chi connectivity index (χ1n) is 7.89. The number of nitrogens with one attached hydrogen (secondary N) is 1. The lowest BCUT2D eigenvalue weighted by Crippen LogP contribution is -2.45. The zero-order valence-electron chi connectivity index (χ0n) is 13.5. The summed E-state index contributed by atoms with van der Waals surface area (Å²) in [5, 5.41) is 22.4. The maximum Gasteiger partial charge on any atom is 0.251 e. The highest BCUT2D eigenvalue weighted by Crippen LogP contribution is 2.31. The van der Waals surface area contributed by atoms with E-state index in [0.717, 1.165) is 12.8 Å². The number of hydrogen-bond donors (Lipinski definition) is 3.